The number of nitrogens with zero attached hydrogens (tertiary/aromatic N) is 5. The molecule has 3 aliphatic rings. The van der Waals surface area contributed by atoms with Crippen molar-refractivity contribution in [3.8, 4) is 39.7 Å². The normalized spacial score (nSPS) is 17.6. The maximum atomic E-state index is 11.9. The molecule has 3 aliphatic heterocycles. The molecule has 2 saturated heterocycles. The van der Waals surface area contributed by atoms with Crippen LogP contribution in [0.25, 0.3) is 33.9 Å². The van der Waals surface area contributed by atoms with Crippen LogP contribution in [0.3, 0.4) is 0 Å². The fourth-order valence-corrected chi connectivity index (χ4v) is 6.37. The Morgan fingerprint density at radius 3 is 2.51 bits per heavy atom. The number of fused-ring (bicyclic) bond motifs is 3. The SMILES string of the molecule is C=CC(=O)N1CCC2(CC1)CN(Cc1ccc(-c3nc4n(c3-c3ccccc3)COc3ccncc3-4)cc1)C2. The van der Waals surface area contributed by atoms with Gasteiger partial charge in [-0.25, -0.2) is 4.98 Å². The van der Waals surface area contributed by atoms with Gasteiger partial charge in [0.15, 0.2) is 6.73 Å². The van der Waals surface area contributed by atoms with E-state index in [-0.39, 0.29) is 5.91 Å². The molecule has 2 fully saturated rings. The number of rotatable bonds is 5. The molecule has 0 aliphatic carbocycles. The topological polar surface area (TPSA) is 63.5 Å². The Morgan fingerprint density at radius 1 is 1.00 bits per heavy atom. The van der Waals surface area contributed by atoms with Crippen LogP contribution in [0.15, 0.2) is 85.7 Å². The lowest BCUT2D eigenvalue weighted by atomic mass is 9.72. The minimum absolute atomic E-state index is 0.0588. The summed E-state index contributed by atoms with van der Waals surface area (Å²) in [6.45, 7) is 8.87. The molecule has 0 unspecified atom stereocenters. The van der Waals surface area contributed by atoms with Gasteiger partial charge in [-0.2, -0.15) is 0 Å². The number of imidazole rings is 1. The van der Waals surface area contributed by atoms with E-state index in [1.807, 2.05) is 23.2 Å². The summed E-state index contributed by atoms with van der Waals surface area (Å²) >= 11 is 0. The van der Waals surface area contributed by atoms with Gasteiger partial charge in [0.05, 0.1) is 17.0 Å². The summed E-state index contributed by atoms with van der Waals surface area (Å²) in [4.78, 5) is 25.8. The third-order valence-corrected chi connectivity index (χ3v) is 8.45. The molecule has 7 heteroatoms. The third kappa shape index (κ3) is 4.23. The Balaban J connectivity index is 1.11. The van der Waals surface area contributed by atoms with Crippen LogP contribution in [0.5, 0.6) is 5.75 Å². The lowest BCUT2D eigenvalue weighted by Crippen LogP contribution is -2.60. The molecule has 0 radical (unpaired) electrons. The minimum Gasteiger partial charge on any atom is -0.472 e. The molecule has 196 valence electrons. The molecular formula is C32H31N5O2. The van der Waals surface area contributed by atoms with Gasteiger partial charge in [0.1, 0.15) is 11.6 Å². The molecule has 2 aromatic heterocycles. The summed E-state index contributed by atoms with van der Waals surface area (Å²) in [7, 11) is 0. The molecule has 0 bridgehead atoms. The van der Waals surface area contributed by atoms with Crippen LogP contribution < -0.4 is 4.74 Å². The maximum absolute atomic E-state index is 11.9. The zero-order chi connectivity index (χ0) is 26.4. The first kappa shape index (κ1) is 23.9. The number of hydrogen-bond donors (Lipinski definition) is 0. The molecule has 0 atom stereocenters. The van der Waals surface area contributed by atoms with Gasteiger partial charge < -0.3 is 9.64 Å². The number of likely N-dealkylation sites (tertiary alicyclic amines) is 2. The van der Waals surface area contributed by atoms with Crippen molar-refractivity contribution in [2.75, 3.05) is 26.2 Å². The van der Waals surface area contributed by atoms with E-state index in [0.29, 0.717) is 12.1 Å². The fraction of sp³-hybridized carbons (Fsp3) is 0.281. The van der Waals surface area contributed by atoms with Gasteiger partial charge in [-0.1, -0.05) is 61.2 Å². The number of carbonyl (C=O) groups excluding carboxylic acids is 1. The smallest absolute Gasteiger partial charge is 0.245 e. The first-order valence-electron chi connectivity index (χ1n) is 13.6. The molecule has 7 nitrogen and oxygen atoms in total. The summed E-state index contributed by atoms with van der Waals surface area (Å²) in [6, 6.07) is 21.1. The molecular weight excluding hydrogens is 486 g/mol. The Hall–Kier alpha value is -4.23. The van der Waals surface area contributed by atoms with Crippen molar-refractivity contribution >= 4 is 5.91 Å². The van der Waals surface area contributed by atoms with Crippen LogP contribution in [0.1, 0.15) is 18.4 Å². The zero-order valence-electron chi connectivity index (χ0n) is 21.9. The maximum Gasteiger partial charge on any atom is 0.245 e. The molecule has 5 heterocycles. The van der Waals surface area contributed by atoms with Gasteiger partial charge >= 0.3 is 0 Å². The van der Waals surface area contributed by atoms with Gasteiger partial charge in [-0.3, -0.25) is 19.2 Å². The van der Waals surface area contributed by atoms with E-state index in [1.165, 1.54) is 11.6 Å². The second kappa shape index (κ2) is 9.50. The number of pyridine rings is 1. The van der Waals surface area contributed by atoms with Crippen molar-refractivity contribution in [1.29, 1.82) is 0 Å². The molecule has 4 aromatic rings. The Kier molecular flexibility index (Phi) is 5.81. The zero-order valence-corrected chi connectivity index (χ0v) is 21.9. The van der Waals surface area contributed by atoms with E-state index < -0.39 is 0 Å². The average Bonchev–Trinajstić information content (AvgIpc) is 3.37. The highest BCUT2D eigenvalue weighted by Gasteiger charge is 2.44. The van der Waals surface area contributed by atoms with E-state index in [4.69, 9.17) is 9.72 Å². The van der Waals surface area contributed by atoms with E-state index >= 15 is 0 Å². The molecule has 1 spiro atoms. The molecule has 2 aromatic carbocycles. The summed E-state index contributed by atoms with van der Waals surface area (Å²) in [6.07, 6.45) is 7.17. The van der Waals surface area contributed by atoms with Crippen LogP contribution in [0, 0.1) is 5.41 Å². The van der Waals surface area contributed by atoms with Crippen molar-refractivity contribution in [2.24, 2.45) is 5.41 Å². The van der Waals surface area contributed by atoms with Gasteiger partial charge in [-0.15, -0.1) is 0 Å². The number of benzene rings is 2. The number of amides is 1. The molecule has 7 rings (SSSR count). The van der Waals surface area contributed by atoms with Crippen molar-refractivity contribution < 1.29 is 9.53 Å². The monoisotopic (exact) mass is 517 g/mol. The van der Waals surface area contributed by atoms with E-state index in [9.17, 15) is 4.79 Å². The summed E-state index contributed by atoms with van der Waals surface area (Å²) in [5, 5.41) is 0. The number of carbonyl (C=O) groups is 1. The van der Waals surface area contributed by atoms with Gasteiger partial charge in [-0.05, 0) is 36.0 Å². The summed E-state index contributed by atoms with van der Waals surface area (Å²) in [5.41, 5.74) is 6.78. The highest BCUT2D eigenvalue weighted by molar-refractivity contribution is 5.87. The quantitative estimate of drug-likeness (QED) is 0.339. The first-order chi connectivity index (χ1) is 19.1. The highest BCUT2D eigenvalue weighted by atomic mass is 16.5. The lowest BCUT2D eigenvalue weighted by Gasteiger charge is -2.54. The number of piperidine rings is 1. The van der Waals surface area contributed by atoms with Crippen LogP contribution in [0.2, 0.25) is 0 Å². The van der Waals surface area contributed by atoms with Gasteiger partial charge in [0.2, 0.25) is 5.91 Å². The van der Waals surface area contributed by atoms with Crippen molar-refractivity contribution in [3.63, 3.8) is 0 Å². The van der Waals surface area contributed by atoms with Gasteiger partial charge in [0, 0.05) is 56.2 Å². The largest absolute Gasteiger partial charge is 0.472 e. The highest BCUT2D eigenvalue weighted by Crippen LogP contribution is 2.43. The number of aromatic nitrogens is 3. The second-order valence-corrected chi connectivity index (χ2v) is 10.9. The number of hydrogen-bond acceptors (Lipinski definition) is 5. The van der Waals surface area contributed by atoms with Crippen LogP contribution >= 0.6 is 0 Å². The van der Waals surface area contributed by atoms with E-state index in [2.05, 4.69) is 69.6 Å². The minimum atomic E-state index is 0.0588. The third-order valence-electron chi connectivity index (χ3n) is 8.45. The van der Waals surface area contributed by atoms with E-state index in [0.717, 1.165) is 85.2 Å². The Bertz CT molecular complexity index is 1530. The summed E-state index contributed by atoms with van der Waals surface area (Å²) < 4.78 is 8.22. The predicted octanol–water partition coefficient (Wildman–Crippen LogP) is 5.24. The standard InChI is InChI=1S/C32H31N5O2/c1-2-28(38)36-16-13-32(14-17-36)20-35(21-32)19-23-8-10-24(11-9-23)29-30(25-6-4-3-5-7-25)37-22-39-27-12-15-33-18-26(27)31(37)34-29/h2-12,15,18H,1,13-14,16-17,19-22H2. The van der Waals surface area contributed by atoms with Crippen molar-refractivity contribution in [3.05, 3.63) is 91.3 Å². The molecule has 1 amide bonds. The Morgan fingerprint density at radius 2 is 1.77 bits per heavy atom. The van der Waals surface area contributed by atoms with Gasteiger partial charge in [0.25, 0.3) is 0 Å². The number of ether oxygens (including phenoxy) is 1. The average molecular weight is 518 g/mol. The predicted molar refractivity (Wildman–Crippen MR) is 151 cm³/mol. The molecule has 39 heavy (non-hydrogen) atoms. The second-order valence-electron chi connectivity index (χ2n) is 10.9. The van der Waals surface area contributed by atoms with Crippen molar-refractivity contribution in [2.45, 2.75) is 26.1 Å². The molecule has 0 N–H and O–H groups in total. The first-order valence-corrected chi connectivity index (χ1v) is 13.6. The van der Waals surface area contributed by atoms with Crippen molar-refractivity contribution in [1.82, 2.24) is 24.3 Å². The Labute approximate surface area is 228 Å². The van der Waals surface area contributed by atoms with Crippen LogP contribution in [-0.4, -0.2) is 56.4 Å². The fourth-order valence-electron chi connectivity index (χ4n) is 6.37. The molecule has 0 saturated carbocycles. The summed E-state index contributed by atoms with van der Waals surface area (Å²) in [5.74, 6) is 1.76. The van der Waals surface area contributed by atoms with E-state index in [1.54, 1.807) is 6.20 Å². The van der Waals surface area contributed by atoms with Crippen LogP contribution in [-0.2, 0) is 18.1 Å². The lowest BCUT2D eigenvalue weighted by molar-refractivity contribution is -0.131. The van der Waals surface area contributed by atoms with Crippen LogP contribution in [0.4, 0.5) is 0 Å².